The fourth-order valence-electron chi connectivity index (χ4n) is 3.72. The fraction of sp³-hybridized carbons (Fsp3) is 0.182. The van der Waals surface area contributed by atoms with E-state index in [-0.39, 0.29) is 17.3 Å². The molecule has 2 heterocycles. The number of hydrogen-bond donors (Lipinski definition) is 2. The predicted octanol–water partition coefficient (Wildman–Crippen LogP) is 4.63. The second-order valence-corrected chi connectivity index (χ2v) is 7.64. The summed E-state index contributed by atoms with van der Waals surface area (Å²) in [6, 6.07) is 10.8. The number of methoxy groups -OCH3 is 3. The largest absolute Gasteiger partial charge is 0.493 e. The Morgan fingerprint density at radius 3 is 2.31 bits per heavy atom. The highest BCUT2D eigenvalue weighted by Crippen LogP contribution is 2.48. The molecule has 1 aromatic heterocycles. The van der Waals surface area contributed by atoms with Gasteiger partial charge in [0.05, 0.1) is 48.5 Å². The number of H-pyrrole nitrogens is 1. The average Bonchev–Trinajstić information content (AvgIpc) is 3.22. The molecule has 0 bridgehead atoms. The molecule has 1 aliphatic rings. The van der Waals surface area contributed by atoms with Gasteiger partial charge in [0.2, 0.25) is 17.5 Å². The molecule has 1 aliphatic heterocycles. The van der Waals surface area contributed by atoms with Gasteiger partial charge in [-0.15, -0.1) is 5.10 Å². The Bertz CT molecular complexity index is 1250. The van der Waals surface area contributed by atoms with Crippen molar-refractivity contribution in [1.82, 2.24) is 10.2 Å². The van der Waals surface area contributed by atoms with Crippen LogP contribution in [0, 0.1) is 11.3 Å². The highest BCUT2D eigenvalue weighted by atomic mass is 35.5. The van der Waals surface area contributed by atoms with Crippen molar-refractivity contribution in [2.24, 2.45) is 5.73 Å². The maximum atomic E-state index is 9.86. The molecule has 164 valence electrons. The Morgan fingerprint density at radius 1 is 1.06 bits per heavy atom. The monoisotopic (exact) mass is 472 g/mol. The van der Waals surface area contributed by atoms with Crippen LogP contribution in [0.4, 0.5) is 0 Å². The lowest BCUT2D eigenvalue weighted by Gasteiger charge is -2.24. The second-order valence-electron chi connectivity index (χ2n) is 6.83. The Hall–Kier alpha value is -3.54. The number of aromatic nitrogens is 2. The van der Waals surface area contributed by atoms with E-state index in [0.717, 1.165) is 0 Å². The number of nitrogens with one attached hydrogen (secondary N) is 1. The minimum atomic E-state index is -0.591. The van der Waals surface area contributed by atoms with Gasteiger partial charge in [0.15, 0.2) is 11.5 Å². The van der Waals surface area contributed by atoms with Crippen LogP contribution >= 0.6 is 23.2 Å². The number of ether oxygens (including phenoxy) is 4. The first kappa shape index (κ1) is 21.7. The first-order chi connectivity index (χ1) is 15.4. The van der Waals surface area contributed by atoms with E-state index < -0.39 is 5.92 Å². The molecule has 32 heavy (non-hydrogen) atoms. The van der Waals surface area contributed by atoms with Gasteiger partial charge in [0.1, 0.15) is 11.6 Å². The number of nitrogens with zero attached hydrogens (tertiary/aromatic N) is 2. The zero-order chi connectivity index (χ0) is 23.0. The highest BCUT2D eigenvalue weighted by Gasteiger charge is 2.36. The van der Waals surface area contributed by atoms with E-state index in [1.807, 2.05) is 0 Å². The summed E-state index contributed by atoms with van der Waals surface area (Å²) in [7, 11) is 4.59. The van der Waals surface area contributed by atoms with Crippen LogP contribution in [-0.2, 0) is 0 Å². The van der Waals surface area contributed by atoms with Gasteiger partial charge < -0.3 is 24.7 Å². The van der Waals surface area contributed by atoms with Gasteiger partial charge in [0.25, 0.3) is 0 Å². The van der Waals surface area contributed by atoms with Crippen molar-refractivity contribution in [1.29, 1.82) is 5.26 Å². The van der Waals surface area contributed by atoms with Crippen LogP contribution in [0.5, 0.6) is 23.1 Å². The first-order valence-electron chi connectivity index (χ1n) is 9.34. The number of benzene rings is 2. The fourth-order valence-corrected chi connectivity index (χ4v) is 4.02. The number of halogens is 2. The van der Waals surface area contributed by atoms with Crippen LogP contribution in [0.15, 0.2) is 41.8 Å². The Morgan fingerprint density at radius 2 is 1.75 bits per heavy atom. The summed E-state index contributed by atoms with van der Waals surface area (Å²) < 4.78 is 22.0. The molecule has 0 fully saturated rings. The molecule has 0 amide bonds. The summed E-state index contributed by atoms with van der Waals surface area (Å²) in [5.74, 6) is 1.00. The second kappa shape index (κ2) is 8.54. The van der Waals surface area contributed by atoms with Crippen molar-refractivity contribution in [2.75, 3.05) is 21.3 Å². The molecular weight excluding hydrogens is 455 g/mol. The van der Waals surface area contributed by atoms with Crippen LogP contribution in [0.1, 0.15) is 17.0 Å². The van der Waals surface area contributed by atoms with Crippen LogP contribution in [0.25, 0.3) is 11.3 Å². The summed E-state index contributed by atoms with van der Waals surface area (Å²) >= 11 is 12.4. The third-order valence-electron chi connectivity index (χ3n) is 5.17. The molecule has 3 N–H and O–H groups in total. The molecule has 0 spiro atoms. The molecule has 1 atom stereocenters. The van der Waals surface area contributed by atoms with Gasteiger partial charge in [-0.2, -0.15) is 5.26 Å². The summed E-state index contributed by atoms with van der Waals surface area (Å²) in [5.41, 5.74) is 8.86. The number of nitrogens with two attached hydrogens (primary N) is 1. The smallest absolute Gasteiger partial charge is 0.244 e. The lowest BCUT2D eigenvalue weighted by molar-refractivity contribution is 0.324. The topological polar surface area (TPSA) is 115 Å². The van der Waals surface area contributed by atoms with Gasteiger partial charge in [-0.25, -0.2) is 0 Å². The molecule has 2 aromatic carbocycles. The highest BCUT2D eigenvalue weighted by molar-refractivity contribution is 6.42. The third-order valence-corrected chi connectivity index (χ3v) is 5.91. The van der Waals surface area contributed by atoms with Crippen molar-refractivity contribution in [3.63, 3.8) is 0 Å². The SMILES string of the molecule is COc1cc(-c2[nH]nc3c2[C@@H](c2ccc(Cl)c(Cl)c2)C(C#N)=C(N)O3)cc(OC)c1OC. The van der Waals surface area contributed by atoms with Crippen molar-refractivity contribution in [3.8, 4) is 40.5 Å². The molecule has 10 heteroatoms. The molecular formula is C22H18Cl2N4O4. The quantitative estimate of drug-likeness (QED) is 0.555. The standard InChI is InChI=1S/C22H18Cl2N4O4/c1-29-15-7-11(8-16(30-2)20(15)31-3)19-18-17(10-4-5-13(23)14(24)6-10)12(9-25)21(26)32-22(18)28-27-19/h4-8,17H,26H2,1-3H3,(H,27,28)/t17-/m0/s1. The van der Waals surface area contributed by atoms with Crippen LogP contribution in [0.2, 0.25) is 10.0 Å². The Labute approximate surface area is 194 Å². The Kier molecular flexibility index (Phi) is 5.78. The number of fused-ring (bicyclic) bond motifs is 1. The lowest BCUT2D eigenvalue weighted by Crippen LogP contribution is -2.21. The normalized spacial score (nSPS) is 14.9. The summed E-state index contributed by atoms with van der Waals surface area (Å²) in [4.78, 5) is 0. The predicted molar refractivity (Wildman–Crippen MR) is 119 cm³/mol. The minimum Gasteiger partial charge on any atom is -0.493 e. The number of nitriles is 1. The van der Waals surface area contributed by atoms with Gasteiger partial charge in [-0.3, -0.25) is 5.10 Å². The van der Waals surface area contributed by atoms with Gasteiger partial charge in [-0.1, -0.05) is 29.3 Å². The summed E-state index contributed by atoms with van der Waals surface area (Å²) in [6.45, 7) is 0. The first-order valence-corrected chi connectivity index (χ1v) is 10.1. The van der Waals surface area contributed by atoms with Gasteiger partial charge in [-0.05, 0) is 29.8 Å². The number of hydrogen-bond acceptors (Lipinski definition) is 7. The van der Waals surface area contributed by atoms with Crippen molar-refractivity contribution < 1.29 is 18.9 Å². The molecule has 0 unspecified atom stereocenters. The molecule has 0 aliphatic carbocycles. The summed E-state index contributed by atoms with van der Waals surface area (Å²) in [5, 5.41) is 17.9. The van der Waals surface area contributed by atoms with Gasteiger partial charge in [0, 0.05) is 5.56 Å². The van der Waals surface area contributed by atoms with Crippen molar-refractivity contribution >= 4 is 23.2 Å². The van der Waals surface area contributed by atoms with E-state index in [1.54, 1.807) is 30.3 Å². The average molecular weight is 473 g/mol. The molecule has 0 saturated carbocycles. The van der Waals surface area contributed by atoms with E-state index in [2.05, 4.69) is 16.3 Å². The third kappa shape index (κ3) is 3.45. The molecule has 4 rings (SSSR count). The lowest BCUT2D eigenvalue weighted by atomic mass is 9.83. The Balaban J connectivity index is 1.97. The van der Waals surface area contributed by atoms with Crippen LogP contribution in [-0.4, -0.2) is 31.5 Å². The minimum absolute atomic E-state index is 0.0287. The zero-order valence-corrected chi connectivity index (χ0v) is 18.8. The molecule has 0 radical (unpaired) electrons. The summed E-state index contributed by atoms with van der Waals surface area (Å²) in [6.07, 6.45) is 0. The van der Waals surface area contributed by atoms with Crippen molar-refractivity contribution in [2.45, 2.75) is 5.92 Å². The van der Waals surface area contributed by atoms with Crippen LogP contribution < -0.4 is 24.7 Å². The van der Waals surface area contributed by atoms with E-state index >= 15 is 0 Å². The molecule has 3 aromatic rings. The maximum absolute atomic E-state index is 9.86. The van der Waals surface area contributed by atoms with Crippen LogP contribution in [0.3, 0.4) is 0 Å². The van der Waals surface area contributed by atoms with E-state index in [1.165, 1.54) is 21.3 Å². The molecule has 0 saturated heterocycles. The van der Waals surface area contributed by atoms with Crippen molar-refractivity contribution in [3.05, 3.63) is 63.0 Å². The van der Waals surface area contributed by atoms with E-state index in [9.17, 15) is 5.26 Å². The maximum Gasteiger partial charge on any atom is 0.244 e. The van der Waals surface area contributed by atoms with Gasteiger partial charge >= 0.3 is 0 Å². The number of allylic oxidation sites excluding steroid dienone is 1. The van der Waals surface area contributed by atoms with E-state index in [4.69, 9.17) is 47.9 Å². The number of rotatable bonds is 5. The zero-order valence-electron chi connectivity index (χ0n) is 17.3. The number of aromatic amines is 1. The van der Waals surface area contributed by atoms with E-state index in [0.29, 0.717) is 49.7 Å². The molecule has 8 nitrogen and oxygen atoms in total.